The second kappa shape index (κ2) is 8.97. The average Bonchev–Trinajstić information content (AvgIpc) is 2.59. The predicted octanol–water partition coefficient (Wildman–Crippen LogP) is 4.39. The molecule has 2 aromatic carbocycles. The third-order valence-electron chi connectivity index (χ3n) is 3.78. The fourth-order valence-corrected chi connectivity index (χ4v) is 2.50. The highest BCUT2D eigenvalue weighted by Crippen LogP contribution is 2.29. The molecule has 0 aliphatic rings. The summed E-state index contributed by atoms with van der Waals surface area (Å²) in [6, 6.07) is 11.6. The van der Waals surface area contributed by atoms with E-state index in [4.69, 9.17) is 19.4 Å². The molecule has 0 aliphatic heterocycles. The molecule has 0 saturated carbocycles. The number of hydrogen-bond donors (Lipinski definition) is 1. The predicted molar refractivity (Wildman–Crippen MR) is 98.6 cm³/mol. The second-order valence-corrected chi connectivity index (χ2v) is 6.05. The Morgan fingerprint density at radius 3 is 2.36 bits per heavy atom. The Kier molecular flexibility index (Phi) is 6.69. The molecule has 0 saturated heterocycles. The number of hydrogen-bond acceptors (Lipinski definition) is 5. The lowest BCUT2D eigenvalue weighted by atomic mass is 10.0. The average molecular weight is 343 g/mol. The van der Waals surface area contributed by atoms with Crippen LogP contribution in [-0.4, -0.2) is 31.7 Å². The van der Waals surface area contributed by atoms with Crippen LogP contribution in [-0.2, 0) is 0 Å². The molecule has 0 bridgehead atoms. The van der Waals surface area contributed by atoms with Crippen LogP contribution < -0.4 is 14.2 Å². The quantitative estimate of drug-likeness (QED) is 0.334. The maximum Gasteiger partial charge on any atom is 0.161 e. The highest BCUT2D eigenvalue weighted by atomic mass is 16.5. The van der Waals surface area contributed by atoms with E-state index in [1.807, 2.05) is 13.0 Å². The number of methoxy groups -OCH3 is 1. The van der Waals surface area contributed by atoms with E-state index in [1.165, 1.54) is 11.8 Å². The minimum Gasteiger partial charge on any atom is -0.493 e. The van der Waals surface area contributed by atoms with Gasteiger partial charge in [-0.1, -0.05) is 31.1 Å². The van der Waals surface area contributed by atoms with Gasteiger partial charge < -0.3 is 19.4 Å². The highest BCUT2D eigenvalue weighted by molar-refractivity contribution is 5.80. The number of ether oxygens (including phenoxy) is 3. The van der Waals surface area contributed by atoms with Crippen LogP contribution in [0.25, 0.3) is 0 Å². The van der Waals surface area contributed by atoms with Crippen LogP contribution in [0.4, 0.5) is 0 Å². The third kappa shape index (κ3) is 5.14. The van der Waals surface area contributed by atoms with Crippen LogP contribution in [0.2, 0.25) is 0 Å². The van der Waals surface area contributed by atoms with Crippen molar-refractivity contribution in [1.29, 1.82) is 0 Å². The molecule has 134 valence electrons. The van der Waals surface area contributed by atoms with E-state index < -0.39 is 0 Å². The first-order valence-corrected chi connectivity index (χ1v) is 8.26. The molecule has 0 aromatic heterocycles. The molecule has 5 heteroatoms. The van der Waals surface area contributed by atoms with Crippen molar-refractivity contribution in [2.75, 3.05) is 20.3 Å². The summed E-state index contributed by atoms with van der Waals surface area (Å²) in [5, 5.41) is 11.7. The third-order valence-corrected chi connectivity index (χ3v) is 3.78. The summed E-state index contributed by atoms with van der Waals surface area (Å²) in [4.78, 5) is 0. The first-order valence-electron chi connectivity index (χ1n) is 8.26. The largest absolute Gasteiger partial charge is 0.493 e. The zero-order chi connectivity index (χ0) is 18.2. The Morgan fingerprint density at radius 2 is 1.72 bits per heavy atom. The number of rotatable bonds is 8. The van der Waals surface area contributed by atoms with Gasteiger partial charge in [0.2, 0.25) is 0 Å². The molecule has 0 heterocycles. The SMILES string of the molecule is COc1ccc(C=NO)cc1OCCOc1cc(C)ccc1C(C)C. The molecule has 0 atom stereocenters. The summed E-state index contributed by atoms with van der Waals surface area (Å²) in [6.07, 6.45) is 1.34. The fourth-order valence-electron chi connectivity index (χ4n) is 2.50. The lowest BCUT2D eigenvalue weighted by Crippen LogP contribution is -2.11. The normalized spacial score (nSPS) is 11.1. The molecule has 5 nitrogen and oxygen atoms in total. The van der Waals surface area contributed by atoms with E-state index in [2.05, 4.69) is 31.1 Å². The monoisotopic (exact) mass is 343 g/mol. The van der Waals surface area contributed by atoms with Gasteiger partial charge in [0, 0.05) is 5.56 Å². The van der Waals surface area contributed by atoms with E-state index in [0.29, 0.717) is 30.6 Å². The van der Waals surface area contributed by atoms with Crippen molar-refractivity contribution in [1.82, 2.24) is 0 Å². The smallest absolute Gasteiger partial charge is 0.161 e. The Balaban J connectivity index is 2.00. The molecule has 25 heavy (non-hydrogen) atoms. The van der Waals surface area contributed by atoms with E-state index in [-0.39, 0.29) is 0 Å². The van der Waals surface area contributed by atoms with Crippen LogP contribution in [0.15, 0.2) is 41.6 Å². The van der Waals surface area contributed by atoms with Gasteiger partial charge in [-0.05, 0) is 48.2 Å². The highest BCUT2D eigenvalue weighted by Gasteiger charge is 2.09. The van der Waals surface area contributed by atoms with E-state index >= 15 is 0 Å². The summed E-state index contributed by atoms with van der Waals surface area (Å²) in [5.41, 5.74) is 3.07. The maximum atomic E-state index is 8.65. The zero-order valence-corrected chi connectivity index (χ0v) is 15.2. The molecule has 0 amide bonds. The summed E-state index contributed by atoms with van der Waals surface area (Å²) >= 11 is 0. The molecule has 0 unspecified atom stereocenters. The summed E-state index contributed by atoms with van der Waals surface area (Å²) < 4.78 is 17.0. The number of oxime groups is 1. The molecule has 0 radical (unpaired) electrons. The number of aryl methyl sites for hydroxylation is 1. The molecular formula is C20H25NO4. The Morgan fingerprint density at radius 1 is 1.00 bits per heavy atom. The molecule has 1 N–H and O–H groups in total. The van der Waals surface area contributed by atoms with Crippen LogP contribution in [0.3, 0.4) is 0 Å². The molecule has 0 fully saturated rings. The molecular weight excluding hydrogens is 318 g/mol. The number of benzene rings is 2. The van der Waals surface area contributed by atoms with Gasteiger partial charge in [0.25, 0.3) is 0 Å². The van der Waals surface area contributed by atoms with Crippen molar-refractivity contribution in [3.63, 3.8) is 0 Å². The van der Waals surface area contributed by atoms with Gasteiger partial charge in [0.15, 0.2) is 11.5 Å². The minimum atomic E-state index is 0.377. The molecule has 2 aromatic rings. The standard InChI is InChI=1S/C20H25NO4/c1-14(2)17-7-5-15(3)11-19(17)24-9-10-25-20-12-16(13-21-22)6-8-18(20)23-4/h5-8,11-14,22H,9-10H2,1-4H3. The lowest BCUT2D eigenvalue weighted by Gasteiger charge is -2.16. The Bertz CT molecular complexity index is 726. The fraction of sp³-hybridized carbons (Fsp3) is 0.350. The molecule has 0 spiro atoms. The van der Waals surface area contributed by atoms with Gasteiger partial charge in [-0.25, -0.2) is 0 Å². The van der Waals surface area contributed by atoms with Gasteiger partial charge in [-0.2, -0.15) is 0 Å². The van der Waals surface area contributed by atoms with Gasteiger partial charge in [-0.3, -0.25) is 0 Å². The van der Waals surface area contributed by atoms with Crippen molar-refractivity contribution in [2.45, 2.75) is 26.7 Å². The Labute approximate surface area is 148 Å². The Hall–Kier alpha value is -2.69. The first-order chi connectivity index (χ1) is 12.0. The van der Waals surface area contributed by atoms with Gasteiger partial charge in [-0.15, -0.1) is 0 Å². The molecule has 0 aliphatic carbocycles. The van der Waals surface area contributed by atoms with E-state index in [9.17, 15) is 0 Å². The molecule has 2 rings (SSSR count). The zero-order valence-electron chi connectivity index (χ0n) is 15.2. The summed E-state index contributed by atoms with van der Waals surface area (Å²) in [5.74, 6) is 2.49. The number of nitrogens with zero attached hydrogens (tertiary/aromatic N) is 1. The summed E-state index contributed by atoms with van der Waals surface area (Å²) in [7, 11) is 1.58. The van der Waals surface area contributed by atoms with Gasteiger partial charge in [0.1, 0.15) is 19.0 Å². The first kappa shape index (κ1) is 18.6. The minimum absolute atomic E-state index is 0.377. The topological polar surface area (TPSA) is 60.3 Å². The van der Waals surface area contributed by atoms with Crippen LogP contribution in [0, 0.1) is 6.92 Å². The van der Waals surface area contributed by atoms with Gasteiger partial charge in [0.05, 0.1) is 13.3 Å². The summed E-state index contributed by atoms with van der Waals surface area (Å²) in [6.45, 7) is 7.14. The van der Waals surface area contributed by atoms with E-state index in [1.54, 1.807) is 25.3 Å². The second-order valence-electron chi connectivity index (χ2n) is 6.05. The van der Waals surface area contributed by atoms with Gasteiger partial charge >= 0.3 is 0 Å². The lowest BCUT2D eigenvalue weighted by molar-refractivity contribution is 0.210. The van der Waals surface area contributed by atoms with Crippen LogP contribution >= 0.6 is 0 Å². The maximum absolute atomic E-state index is 8.65. The van der Waals surface area contributed by atoms with Crippen molar-refractivity contribution >= 4 is 6.21 Å². The van der Waals surface area contributed by atoms with Crippen LogP contribution in [0.1, 0.15) is 36.5 Å². The van der Waals surface area contributed by atoms with Crippen molar-refractivity contribution in [3.8, 4) is 17.2 Å². The van der Waals surface area contributed by atoms with Crippen molar-refractivity contribution < 1.29 is 19.4 Å². The van der Waals surface area contributed by atoms with Crippen molar-refractivity contribution in [3.05, 3.63) is 53.1 Å². The van der Waals surface area contributed by atoms with Crippen molar-refractivity contribution in [2.24, 2.45) is 5.16 Å². The van der Waals surface area contributed by atoms with Crippen LogP contribution in [0.5, 0.6) is 17.2 Å². The van der Waals surface area contributed by atoms with E-state index in [0.717, 1.165) is 16.9 Å².